The predicted molar refractivity (Wildman–Crippen MR) is 112 cm³/mol. The fourth-order valence-corrected chi connectivity index (χ4v) is 4.28. The standard InChI is InChI=1S/C20H13BrFN3O3S/c1-10-3-2-4-14-24-16(18(22)25(10)14)19(26)23-13-9-29-17(15(13)20(27)28)11-5-7-12(21)8-6-11/h2-9H,1H3,(H,23,26)(H,27,28). The van der Waals surface area contributed by atoms with Gasteiger partial charge in [-0.25, -0.2) is 9.78 Å². The summed E-state index contributed by atoms with van der Waals surface area (Å²) in [7, 11) is 0. The number of halogens is 2. The Morgan fingerprint density at radius 1 is 1.21 bits per heavy atom. The Kier molecular flexibility index (Phi) is 4.93. The van der Waals surface area contributed by atoms with E-state index in [0.29, 0.717) is 21.8 Å². The molecule has 0 spiro atoms. The minimum atomic E-state index is -1.19. The van der Waals surface area contributed by atoms with Crippen LogP contribution in [0.3, 0.4) is 0 Å². The molecule has 0 bridgehead atoms. The van der Waals surface area contributed by atoms with Gasteiger partial charge in [0.2, 0.25) is 5.95 Å². The number of benzene rings is 1. The molecule has 3 heterocycles. The number of rotatable bonds is 4. The molecule has 3 aromatic heterocycles. The molecule has 6 nitrogen and oxygen atoms in total. The Balaban J connectivity index is 1.72. The molecule has 1 aromatic carbocycles. The number of anilines is 1. The van der Waals surface area contributed by atoms with Gasteiger partial charge in [0.25, 0.3) is 5.91 Å². The monoisotopic (exact) mass is 473 g/mol. The van der Waals surface area contributed by atoms with Crippen LogP contribution in [0.25, 0.3) is 16.1 Å². The Bertz CT molecular complexity index is 1260. The van der Waals surface area contributed by atoms with Crippen molar-refractivity contribution in [2.75, 3.05) is 5.32 Å². The first kappa shape index (κ1) is 19.3. The number of amides is 1. The molecule has 0 aliphatic carbocycles. The molecule has 0 saturated heterocycles. The van der Waals surface area contributed by atoms with Gasteiger partial charge in [-0.15, -0.1) is 11.3 Å². The topological polar surface area (TPSA) is 83.7 Å². The lowest BCUT2D eigenvalue weighted by atomic mass is 10.1. The summed E-state index contributed by atoms with van der Waals surface area (Å²) < 4.78 is 16.8. The summed E-state index contributed by atoms with van der Waals surface area (Å²) >= 11 is 4.52. The molecule has 29 heavy (non-hydrogen) atoms. The second-order valence-corrected chi connectivity index (χ2v) is 8.03. The van der Waals surface area contributed by atoms with Gasteiger partial charge in [0.1, 0.15) is 11.2 Å². The van der Waals surface area contributed by atoms with Gasteiger partial charge in [0.05, 0.1) is 10.6 Å². The maximum atomic E-state index is 14.7. The highest BCUT2D eigenvalue weighted by atomic mass is 79.9. The van der Waals surface area contributed by atoms with E-state index in [2.05, 4.69) is 26.2 Å². The van der Waals surface area contributed by atoms with Crippen molar-refractivity contribution in [1.82, 2.24) is 9.38 Å². The van der Waals surface area contributed by atoms with Crippen LogP contribution in [0.1, 0.15) is 26.5 Å². The van der Waals surface area contributed by atoms with Gasteiger partial charge in [0.15, 0.2) is 5.69 Å². The number of carboxylic acids is 1. The van der Waals surface area contributed by atoms with Crippen LogP contribution < -0.4 is 5.32 Å². The van der Waals surface area contributed by atoms with Crippen molar-refractivity contribution < 1.29 is 19.1 Å². The SMILES string of the molecule is Cc1cccc2nc(C(=O)Nc3csc(-c4ccc(Br)cc4)c3C(=O)O)c(F)n12. The number of aromatic nitrogens is 2. The van der Waals surface area contributed by atoms with E-state index in [9.17, 15) is 19.1 Å². The lowest BCUT2D eigenvalue weighted by molar-refractivity contribution is 0.0699. The van der Waals surface area contributed by atoms with Crippen molar-refractivity contribution in [2.45, 2.75) is 6.92 Å². The molecule has 0 radical (unpaired) electrons. The van der Waals surface area contributed by atoms with Crippen molar-refractivity contribution >= 4 is 50.5 Å². The maximum absolute atomic E-state index is 14.7. The zero-order chi connectivity index (χ0) is 20.7. The summed E-state index contributed by atoms with van der Waals surface area (Å²) in [6, 6.07) is 12.2. The van der Waals surface area contributed by atoms with E-state index in [0.717, 1.165) is 4.47 Å². The van der Waals surface area contributed by atoms with Gasteiger partial charge in [-0.05, 0) is 36.8 Å². The number of aryl methyl sites for hydroxylation is 1. The lowest BCUT2D eigenvalue weighted by Gasteiger charge is -2.05. The second kappa shape index (κ2) is 7.41. The second-order valence-electron chi connectivity index (χ2n) is 6.23. The first-order chi connectivity index (χ1) is 13.9. The summed E-state index contributed by atoms with van der Waals surface area (Å²) in [5.74, 6) is -2.80. The first-order valence-corrected chi connectivity index (χ1v) is 10.1. The quantitative estimate of drug-likeness (QED) is 0.425. The summed E-state index contributed by atoms with van der Waals surface area (Å²) in [6.45, 7) is 1.70. The van der Waals surface area contributed by atoms with Crippen LogP contribution in [0.15, 0.2) is 52.3 Å². The molecule has 0 aliphatic heterocycles. The third kappa shape index (κ3) is 3.43. The molecule has 0 atom stereocenters. The molecule has 4 aromatic rings. The Hall–Kier alpha value is -3.04. The number of carbonyl (C=O) groups excluding carboxylic acids is 1. The number of carbonyl (C=O) groups is 2. The van der Waals surface area contributed by atoms with Crippen LogP contribution in [0.2, 0.25) is 0 Å². The minimum absolute atomic E-state index is 0.0500. The zero-order valence-corrected chi connectivity index (χ0v) is 17.3. The average Bonchev–Trinajstić information content (AvgIpc) is 3.24. The predicted octanol–water partition coefficient (Wildman–Crippen LogP) is 5.22. The third-order valence-corrected chi connectivity index (χ3v) is 5.91. The number of hydrogen-bond donors (Lipinski definition) is 2. The van der Waals surface area contributed by atoms with Gasteiger partial charge >= 0.3 is 5.97 Å². The largest absolute Gasteiger partial charge is 0.478 e. The van der Waals surface area contributed by atoms with Gasteiger partial charge < -0.3 is 10.4 Å². The van der Waals surface area contributed by atoms with Crippen molar-refractivity contribution in [3.63, 3.8) is 0 Å². The number of hydrogen-bond acceptors (Lipinski definition) is 4. The molecule has 0 saturated carbocycles. The molecule has 0 aliphatic rings. The van der Waals surface area contributed by atoms with Crippen molar-refractivity contribution in [2.24, 2.45) is 0 Å². The normalized spacial score (nSPS) is 11.0. The fourth-order valence-electron chi connectivity index (χ4n) is 3.01. The van der Waals surface area contributed by atoms with E-state index in [1.807, 2.05) is 0 Å². The molecule has 9 heteroatoms. The Labute approximate surface area is 176 Å². The number of thiophene rings is 1. The van der Waals surface area contributed by atoms with Gasteiger partial charge in [-0.3, -0.25) is 9.20 Å². The van der Waals surface area contributed by atoms with Crippen LogP contribution in [0.4, 0.5) is 10.1 Å². The van der Waals surface area contributed by atoms with E-state index in [1.165, 1.54) is 21.1 Å². The molecule has 4 rings (SSSR count). The van der Waals surface area contributed by atoms with E-state index in [4.69, 9.17) is 0 Å². The number of nitrogens with one attached hydrogen (secondary N) is 1. The van der Waals surface area contributed by atoms with Gasteiger partial charge in [-0.1, -0.05) is 34.1 Å². The van der Waals surface area contributed by atoms with Gasteiger partial charge in [-0.2, -0.15) is 4.39 Å². The van der Waals surface area contributed by atoms with E-state index in [1.54, 1.807) is 49.4 Å². The highest BCUT2D eigenvalue weighted by Gasteiger charge is 2.25. The number of aromatic carboxylic acids is 1. The Morgan fingerprint density at radius 3 is 2.59 bits per heavy atom. The number of fused-ring (bicyclic) bond motifs is 1. The van der Waals surface area contributed by atoms with Crippen LogP contribution in [-0.4, -0.2) is 26.4 Å². The summed E-state index contributed by atoms with van der Waals surface area (Å²) in [6.07, 6.45) is 0. The first-order valence-electron chi connectivity index (χ1n) is 8.42. The van der Waals surface area contributed by atoms with Crippen LogP contribution in [0, 0.1) is 12.9 Å². The molecule has 146 valence electrons. The maximum Gasteiger partial charge on any atom is 0.339 e. The number of pyridine rings is 1. The molecular formula is C20H13BrFN3O3S. The third-order valence-electron chi connectivity index (χ3n) is 4.36. The molecule has 0 unspecified atom stereocenters. The number of carboxylic acid groups (broad SMARTS) is 1. The van der Waals surface area contributed by atoms with Crippen molar-refractivity contribution in [3.05, 3.63) is 75.2 Å². The smallest absolute Gasteiger partial charge is 0.339 e. The highest BCUT2D eigenvalue weighted by molar-refractivity contribution is 9.10. The van der Waals surface area contributed by atoms with Crippen LogP contribution in [0.5, 0.6) is 0 Å². The zero-order valence-electron chi connectivity index (χ0n) is 14.9. The van der Waals surface area contributed by atoms with Crippen molar-refractivity contribution in [1.29, 1.82) is 0 Å². The highest BCUT2D eigenvalue weighted by Crippen LogP contribution is 2.36. The van der Waals surface area contributed by atoms with Crippen LogP contribution in [-0.2, 0) is 0 Å². The molecular weight excluding hydrogens is 461 g/mol. The van der Waals surface area contributed by atoms with Gasteiger partial charge in [0, 0.05) is 15.5 Å². The average molecular weight is 474 g/mol. The Morgan fingerprint density at radius 2 is 1.93 bits per heavy atom. The summed E-state index contributed by atoms with van der Waals surface area (Å²) in [5, 5.41) is 13.7. The molecule has 2 N–H and O–H groups in total. The fraction of sp³-hybridized carbons (Fsp3) is 0.0500. The summed E-state index contributed by atoms with van der Waals surface area (Å²) in [4.78, 5) is 29.1. The van der Waals surface area contributed by atoms with E-state index >= 15 is 0 Å². The minimum Gasteiger partial charge on any atom is -0.478 e. The van der Waals surface area contributed by atoms with E-state index in [-0.39, 0.29) is 11.3 Å². The number of nitrogens with zero attached hydrogens (tertiary/aromatic N) is 2. The molecule has 0 fully saturated rings. The summed E-state index contributed by atoms with van der Waals surface area (Å²) in [5.41, 5.74) is 1.24. The van der Waals surface area contributed by atoms with Crippen LogP contribution >= 0.6 is 27.3 Å². The lowest BCUT2D eigenvalue weighted by Crippen LogP contribution is -2.16. The number of imidazole rings is 1. The van der Waals surface area contributed by atoms with E-state index < -0.39 is 23.5 Å². The van der Waals surface area contributed by atoms with Crippen molar-refractivity contribution in [3.8, 4) is 10.4 Å². The molecule has 1 amide bonds.